The Labute approximate surface area is 112 Å². The van der Waals surface area contributed by atoms with Gasteiger partial charge in [-0.1, -0.05) is 0 Å². The Balaban J connectivity index is 2.27. The van der Waals surface area contributed by atoms with Crippen molar-refractivity contribution >= 4 is 5.91 Å². The highest BCUT2D eigenvalue weighted by Gasteiger charge is 2.46. The third kappa shape index (κ3) is 2.91. The van der Waals surface area contributed by atoms with Gasteiger partial charge in [0.05, 0.1) is 0 Å². The summed E-state index contributed by atoms with van der Waals surface area (Å²) in [6.45, 7) is -0.0397. The smallest absolute Gasteiger partial charge is 0.327 e. The minimum atomic E-state index is -4.52. The fourth-order valence-electron chi connectivity index (χ4n) is 2.31. The molecule has 1 saturated heterocycles. The molecule has 1 aliphatic rings. The number of amides is 1. The first-order chi connectivity index (χ1) is 9.30. The largest absolute Gasteiger partial charge is 0.408 e. The summed E-state index contributed by atoms with van der Waals surface area (Å²) < 4.78 is 64.5. The maximum Gasteiger partial charge on any atom is 0.408 e. The van der Waals surface area contributed by atoms with Gasteiger partial charge < -0.3 is 4.90 Å². The number of nitrogens with zero attached hydrogens (tertiary/aromatic N) is 1. The third-order valence-corrected chi connectivity index (χ3v) is 3.31. The average molecular weight is 293 g/mol. The van der Waals surface area contributed by atoms with Gasteiger partial charge in [-0.05, 0) is 37.5 Å². The van der Waals surface area contributed by atoms with Crippen LogP contribution in [0.3, 0.4) is 0 Å². The molecule has 2 nitrogen and oxygen atoms in total. The van der Waals surface area contributed by atoms with E-state index in [0.717, 1.165) is 12.1 Å². The molecule has 2 rings (SSSR count). The molecule has 1 atom stereocenters. The quantitative estimate of drug-likeness (QED) is 0.725. The molecule has 1 heterocycles. The van der Waals surface area contributed by atoms with Crippen LogP contribution in [0.4, 0.5) is 22.0 Å². The van der Waals surface area contributed by atoms with E-state index in [0.29, 0.717) is 23.8 Å². The van der Waals surface area contributed by atoms with Gasteiger partial charge in [-0.15, -0.1) is 0 Å². The van der Waals surface area contributed by atoms with E-state index in [9.17, 15) is 26.7 Å². The molecular weight excluding hydrogens is 281 g/mol. The lowest BCUT2D eigenvalue weighted by molar-refractivity contribution is -0.183. The van der Waals surface area contributed by atoms with E-state index in [2.05, 4.69) is 0 Å². The highest BCUT2D eigenvalue weighted by atomic mass is 19.4. The van der Waals surface area contributed by atoms with E-state index < -0.39 is 29.8 Å². The second-order valence-electron chi connectivity index (χ2n) is 4.68. The highest BCUT2D eigenvalue weighted by Crippen LogP contribution is 2.32. The van der Waals surface area contributed by atoms with Crippen LogP contribution in [0, 0.1) is 11.6 Å². The van der Waals surface area contributed by atoms with Crippen LogP contribution in [0.2, 0.25) is 0 Å². The number of likely N-dealkylation sites (tertiary alicyclic amines) is 1. The van der Waals surface area contributed by atoms with Gasteiger partial charge in [-0.3, -0.25) is 4.79 Å². The lowest BCUT2D eigenvalue weighted by Crippen LogP contribution is -2.51. The Hall–Kier alpha value is -1.66. The second kappa shape index (κ2) is 5.38. The number of hydrogen-bond acceptors (Lipinski definition) is 1. The Kier molecular flexibility index (Phi) is 3.96. The van der Waals surface area contributed by atoms with Gasteiger partial charge in [0.1, 0.15) is 6.04 Å². The third-order valence-electron chi connectivity index (χ3n) is 3.31. The van der Waals surface area contributed by atoms with Crippen molar-refractivity contribution in [3.63, 3.8) is 0 Å². The molecule has 7 heteroatoms. The van der Waals surface area contributed by atoms with Crippen LogP contribution in [0.1, 0.15) is 29.6 Å². The Morgan fingerprint density at radius 1 is 1.15 bits per heavy atom. The Morgan fingerprint density at radius 3 is 2.45 bits per heavy atom. The Bertz CT molecular complexity index is 514. The molecule has 0 unspecified atom stereocenters. The van der Waals surface area contributed by atoms with Gasteiger partial charge in [0.2, 0.25) is 0 Å². The lowest BCUT2D eigenvalue weighted by Gasteiger charge is -2.36. The van der Waals surface area contributed by atoms with Gasteiger partial charge in [0, 0.05) is 12.1 Å². The van der Waals surface area contributed by atoms with E-state index in [1.165, 1.54) is 0 Å². The van der Waals surface area contributed by atoms with Crippen molar-refractivity contribution in [3.05, 3.63) is 35.4 Å². The summed E-state index contributed by atoms with van der Waals surface area (Å²) in [6.07, 6.45) is -3.85. The molecule has 0 radical (unpaired) electrons. The van der Waals surface area contributed by atoms with Crippen LogP contribution in [0.15, 0.2) is 18.2 Å². The summed E-state index contributed by atoms with van der Waals surface area (Å²) in [5.74, 6) is -3.32. The molecule has 0 aromatic heterocycles. The summed E-state index contributed by atoms with van der Waals surface area (Å²) in [5.41, 5.74) is -0.278. The van der Waals surface area contributed by atoms with Crippen molar-refractivity contribution < 1.29 is 26.7 Å². The van der Waals surface area contributed by atoms with E-state index >= 15 is 0 Å². The van der Waals surface area contributed by atoms with Gasteiger partial charge in [0.25, 0.3) is 5.91 Å². The molecule has 1 aliphatic heterocycles. The predicted molar refractivity (Wildman–Crippen MR) is 61.1 cm³/mol. The summed E-state index contributed by atoms with van der Waals surface area (Å²) >= 11 is 0. The maximum absolute atomic E-state index is 13.1. The SMILES string of the molecule is O=C(c1ccc(F)c(F)c1)N1CCCC[C@H]1C(F)(F)F. The molecular formula is C13H12F5NO. The molecule has 20 heavy (non-hydrogen) atoms. The van der Waals surface area contributed by atoms with Gasteiger partial charge >= 0.3 is 6.18 Å². The minimum absolute atomic E-state index is 0.0397. The van der Waals surface area contributed by atoms with E-state index in [1.807, 2.05) is 0 Å². The number of piperidine rings is 1. The summed E-state index contributed by atoms with van der Waals surface area (Å²) in [7, 11) is 0. The van der Waals surface area contributed by atoms with E-state index in [-0.39, 0.29) is 18.5 Å². The minimum Gasteiger partial charge on any atom is -0.327 e. The van der Waals surface area contributed by atoms with Gasteiger partial charge in [-0.2, -0.15) is 13.2 Å². The van der Waals surface area contributed by atoms with Crippen LogP contribution >= 0.6 is 0 Å². The molecule has 0 saturated carbocycles. The number of alkyl halides is 3. The topological polar surface area (TPSA) is 20.3 Å². The van der Waals surface area contributed by atoms with Crippen LogP contribution in [0.5, 0.6) is 0 Å². The molecule has 1 aromatic rings. The number of carbonyl (C=O) groups excluding carboxylic acids is 1. The molecule has 0 bridgehead atoms. The van der Waals surface area contributed by atoms with E-state index in [4.69, 9.17) is 0 Å². The number of hydrogen-bond donors (Lipinski definition) is 0. The Morgan fingerprint density at radius 2 is 1.85 bits per heavy atom. The molecule has 0 spiro atoms. The van der Waals surface area contributed by atoms with Gasteiger partial charge in [0.15, 0.2) is 11.6 Å². The zero-order valence-electron chi connectivity index (χ0n) is 10.4. The molecule has 1 fully saturated rings. The first kappa shape index (κ1) is 14.7. The summed E-state index contributed by atoms with van der Waals surface area (Å²) in [4.78, 5) is 12.7. The van der Waals surface area contributed by atoms with Crippen LogP contribution in [-0.2, 0) is 0 Å². The fourth-order valence-corrected chi connectivity index (χ4v) is 2.31. The van der Waals surface area contributed by atoms with Gasteiger partial charge in [-0.25, -0.2) is 8.78 Å². The van der Waals surface area contributed by atoms with Crippen molar-refractivity contribution in [3.8, 4) is 0 Å². The van der Waals surface area contributed by atoms with Crippen molar-refractivity contribution in [2.75, 3.05) is 6.54 Å². The zero-order chi connectivity index (χ0) is 14.9. The highest BCUT2D eigenvalue weighted by molar-refractivity contribution is 5.94. The molecule has 110 valence electrons. The van der Waals surface area contributed by atoms with Crippen LogP contribution < -0.4 is 0 Å². The molecule has 0 N–H and O–H groups in total. The van der Waals surface area contributed by atoms with Crippen molar-refractivity contribution in [1.82, 2.24) is 4.90 Å². The second-order valence-corrected chi connectivity index (χ2v) is 4.68. The summed E-state index contributed by atoms with van der Waals surface area (Å²) in [5, 5.41) is 0. The van der Waals surface area contributed by atoms with Crippen molar-refractivity contribution in [2.24, 2.45) is 0 Å². The molecule has 1 aromatic carbocycles. The maximum atomic E-state index is 13.1. The van der Waals surface area contributed by atoms with Crippen LogP contribution in [-0.4, -0.2) is 29.6 Å². The standard InChI is InChI=1S/C13H12F5NO/c14-9-5-4-8(7-10(9)15)12(20)19-6-2-1-3-11(19)13(16,17)18/h4-5,7,11H,1-3,6H2/t11-/m0/s1. The van der Waals surface area contributed by atoms with E-state index in [1.54, 1.807) is 0 Å². The summed E-state index contributed by atoms with van der Waals surface area (Å²) in [6, 6.07) is 0.481. The fraction of sp³-hybridized carbons (Fsp3) is 0.462. The number of benzene rings is 1. The first-order valence-corrected chi connectivity index (χ1v) is 6.13. The lowest BCUT2D eigenvalue weighted by atomic mass is 10.0. The van der Waals surface area contributed by atoms with Crippen molar-refractivity contribution in [2.45, 2.75) is 31.5 Å². The normalized spacial score (nSPS) is 20.1. The first-order valence-electron chi connectivity index (χ1n) is 6.13. The zero-order valence-corrected chi connectivity index (χ0v) is 10.4. The molecule has 1 amide bonds. The average Bonchev–Trinajstić information content (AvgIpc) is 2.40. The number of halogens is 5. The number of rotatable bonds is 1. The van der Waals surface area contributed by atoms with Crippen molar-refractivity contribution in [1.29, 1.82) is 0 Å². The predicted octanol–water partition coefficient (Wildman–Crippen LogP) is 3.52. The molecule has 0 aliphatic carbocycles. The number of carbonyl (C=O) groups is 1. The van der Waals surface area contributed by atoms with Crippen LogP contribution in [0.25, 0.3) is 0 Å². The monoisotopic (exact) mass is 293 g/mol.